The maximum atomic E-state index is 12.1. The summed E-state index contributed by atoms with van der Waals surface area (Å²) >= 11 is 0. The molecule has 1 amide bonds. The van der Waals surface area contributed by atoms with Crippen molar-refractivity contribution in [3.05, 3.63) is 53.0 Å². The lowest BCUT2D eigenvalue weighted by atomic mass is 10.1. The molecule has 1 aromatic carbocycles. The molecule has 0 bridgehead atoms. The summed E-state index contributed by atoms with van der Waals surface area (Å²) in [5.41, 5.74) is 2.37. The second-order valence-electron chi connectivity index (χ2n) is 4.62. The number of anilines is 1. The summed E-state index contributed by atoms with van der Waals surface area (Å²) in [6.07, 6.45) is 0.749. The topological polar surface area (TPSA) is 62.5 Å². The van der Waals surface area contributed by atoms with E-state index >= 15 is 0 Å². The smallest absolute Gasteiger partial charge is 0.291 e. The number of amides is 1. The Morgan fingerprint density at radius 2 is 2.14 bits per heavy atom. The van der Waals surface area contributed by atoms with Gasteiger partial charge in [0.15, 0.2) is 5.76 Å². The lowest BCUT2D eigenvalue weighted by Crippen LogP contribution is -2.11. The molecule has 0 aliphatic carbocycles. The van der Waals surface area contributed by atoms with Crippen LogP contribution in [0.1, 0.15) is 34.4 Å². The van der Waals surface area contributed by atoms with Gasteiger partial charge in [-0.15, -0.1) is 0 Å². The Morgan fingerprint density at radius 3 is 2.81 bits per heavy atom. The fraction of sp³-hybridized carbons (Fsp3) is 0.235. The van der Waals surface area contributed by atoms with Gasteiger partial charge < -0.3 is 14.8 Å². The molecule has 1 heterocycles. The minimum Gasteiger partial charge on any atom is -0.456 e. The van der Waals surface area contributed by atoms with Crippen LogP contribution >= 0.6 is 0 Å². The number of aliphatic hydroxyl groups is 1. The van der Waals surface area contributed by atoms with Crippen LogP contribution in [0.3, 0.4) is 0 Å². The van der Waals surface area contributed by atoms with Gasteiger partial charge in [-0.25, -0.2) is 0 Å². The van der Waals surface area contributed by atoms with Crippen molar-refractivity contribution in [1.29, 1.82) is 0 Å². The number of aliphatic hydroxyl groups excluding tert-OH is 1. The van der Waals surface area contributed by atoms with Gasteiger partial charge in [-0.3, -0.25) is 4.79 Å². The number of nitrogens with one attached hydrogen (secondary N) is 1. The van der Waals surface area contributed by atoms with E-state index in [9.17, 15) is 4.79 Å². The molecule has 0 aliphatic rings. The molecule has 0 fully saturated rings. The Labute approximate surface area is 123 Å². The van der Waals surface area contributed by atoms with Crippen LogP contribution in [0, 0.1) is 18.8 Å². The maximum absolute atomic E-state index is 12.1. The van der Waals surface area contributed by atoms with Crippen LogP contribution in [0.25, 0.3) is 0 Å². The summed E-state index contributed by atoms with van der Waals surface area (Å²) < 4.78 is 5.42. The van der Waals surface area contributed by atoms with Crippen LogP contribution in [0.4, 0.5) is 5.69 Å². The second-order valence-corrected chi connectivity index (χ2v) is 4.62. The van der Waals surface area contributed by atoms with E-state index in [1.165, 1.54) is 0 Å². The highest BCUT2D eigenvalue weighted by atomic mass is 16.3. The zero-order valence-corrected chi connectivity index (χ0v) is 12.1. The predicted molar refractivity (Wildman–Crippen MR) is 81.2 cm³/mol. The SMILES string of the molecule is CCc1ccc(C(=O)Nc2cc(C)cc(C#CCO)c2)o1. The molecule has 108 valence electrons. The Morgan fingerprint density at radius 1 is 1.33 bits per heavy atom. The molecule has 1 aromatic heterocycles. The highest BCUT2D eigenvalue weighted by Gasteiger charge is 2.11. The molecule has 0 unspecified atom stereocenters. The van der Waals surface area contributed by atoms with Crippen LogP contribution in [0.5, 0.6) is 0 Å². The van der Waals surface area contributed by atoms with Gasteiger partial charge in [0.05, 0.1) is 0 Å². The average Bonchev–Trinajstić information content (AvgIpc) is 2.93. The third-order valence-corrected chi connectivity index (χ3v) is 2.88. The van der Waals surface area contributed by atoms with E-state index in [4.69, 9.17) is 9.52 Å². The predicted octanol–water partition coefficient (Wildman–Crippen LogP) is 2.75. The lowest BCUT2D eigenvalue weighted by molar-refractivity contribution is 0.0995. The van der Waals surface area contributed by atoms with E-state index in [2.05, 4.69) is 17.2 Å². The summed E-state index contributed by atoms with van der Waals surface area (Å²) in [5, 5.41) is 11.5. The van der Waals surface area contributed by atoms with Crippen molar-refractivity contribution < 1.29 is 14.3 Å². The molecule has 0 spiro atoms. The number of carbonyl (C=O) groups is 1. The lowest BCUT2D eigenvalue weighted by Gasteiger charge is -2.05. The highest BCUT2D eigenvalue weighted by Crippen LogP contribution is 2.16. The molecular formula is C17H17NO3. The van der Waals surface area contributed by atoms with Crippen LogP contribution in [0.2, 0.25) is 0 Å². The first-order valence-electron chi connectivity index (χ1n) is 6.74. The number of hydrogen-bond donors (Lipinski definition) is 2. The quantitative estimate of drug-likeness (QED) is 0.851. The Hall–Kier alpha value is -2.51. The molecular weight excluding hydrogens is 266 g/mol. The summed E-state index contributed by atoms with van der Waals surface area (Å²) in [7, 11) is 0. The number of aryl methyl sites for hydroxylation is 2. The van der Waals surface area contributed by atoms with Crippen molar-refractivity contribution in [2.24, 2.45) is 0 Å². The Kier molecular flexibility index (Phi) is 4.81. The van der Waals surface area contributed by atoms with E-state index < -0.39 is 0 Å². The number of benzene rings is 1. The molecule has 0 saturated heterocycles. The Balaban J connectivity index is 2.18. The second kappa shape index (κ2) is 6.78. The van der Waals surface area contributed by atoms with E-state index in [-0.39, 0.29) is 18.3 Å². The monoisotopic (exact) mass is 283 g/mol. The molecule has 21 heavy (non-hydrogen) atoms. The van der Waals surface area contributed by atoms with Crippen molar-refractivity contribution in [1.82, 2.24) is 0 Å². The van der Waals surface area contributed by atoms with Crippen molar-refractivity contribution >= 4 is 11.6 Å². The molecule has 0 aliphatic heterocycles. The van der Waals surface area contributed by atoms with Gasteiger partial charge >= 0.3 is 0 Å². The fourth-order valence-corrected chi connectivity index (χ4v) is 1.95. The first kappa shape index (κ1) is 14.9. The van der Waals surface area contributed by atoms with Crippen LogP contribution in [0.15, 0.2) is 34.7 Å². The first-order valence-corrected chi connectivity index (χ1v) is 6.74. The first-order chi connectivity index (χ1) is 10.1. The fourth-order valence-electron chi connectivity index (χ4n) is 1.95. The number of furan rings is 1. The maximum Gasteiger partial charge on any atom is 0.291 e. The molecule has 2 N–H and O–H groups in total. The molecule has 4 nitrogen and oxygen atoms in total. The normalized spacial score (nSPS) is 9.86. The zero-order chi connectivity index (χ0) is 15.2. The minimum atomic E-state index is -0.290. The van der Waals surface area contributed by atoms with E-state index in [0.29, 0.717) is 5.69 Å². The van der Waals surface area contributed by atoms with E-state index in [1.807, 2.05) is 26.0 Å². The van der Waals surface area contributed by atoms with Crippen LogP contribution in [-0.2, 0) is 6.42 Å². The van der Waals surface area contributed by atoms with Crippen molar-refractivity contribution in [2.45, 2.75) is 20.3 Å². The Bertz CT molecular complexity index is 704. The third kappa shape index (κ3) is 3.98. The molecule has 0 saturated carbocycles. The highest BCUT2D eigenvalue weighted by molar-refractivity contribution is 6.02. The number of hydrogen-bond acceptors (Lipinski definition) is 3. The van der Waals surface area contributed by atoms with Crippen LogP contribution < -0.4 is 5.32 Å². The summed E-state index contributed by atoms with van der Waals surface area (Å²) in [6, 6.07) is 8.96. The van der Waals surface area contributed by atoms with Gasteiger partial charge in [0.1, 0.15) is 12.4 Å². The standard InChI is InChI=1S/C17H17NO3/c1-3-15-6-7-16(21-15)17(20)18-14-10-12(2)9-13(11-14)5-4-8-19/h6-7,9-11,19H,3,8H2,1-2H3,(H,18,20). The van der Waals surface area contributed by atoms with Gasteiger partial charge in [0, 0.05) is 17.7 Å². The van der Waals surface area contributed by atoms with Crippen molar-refractivity contribution in [3.63, 3.8) is 0 Å². The van der Waals surface area contributed by atoms with Gasteiger partial charge in [0.2, 0.25) is 0 Å². The number of rotatable bonds is 3. The summed E-state index contributed by atoms with van der Waals surface area (Å²) in [6.45, 7) is 3.69. The molecule has 2 rings (SSSR count). The van der Waals surface area contributed by atoms with Gasteiger partial charge in [-0.2, -0.15) is 0 Å². The molecule has 2 aromatic rings. The van der Waals surface area contributed by atoms with Gasteiger partial charge in [-0.05, 0) is 42.8 Å². The van der Waals surface area contributed by atoms with E-state index in [0.717, 1.165) is 23.3 Å². The van der Waals surface area contributed by atoms with Crippen molar-refractivity contribution in [2.75, 3.05) is 11.9 Å². The largest absolute Gasteiger partial charge is 0.456 e. The molecule has 4 heteroatoms. The summed E-state index contributed by atoms with van der Waals surface area (Å²) in [5.74, 6) is 6.19. The van der Waals surface area contributed by atoms with Crippen molar-refractivity contribution in [3.8, 4) is 11.8 Å². The van der Waals surface area contributed by atoms with Crippen LogP contribution in [-0.4, -0.2) is 17.6 Å². The number of carbonyl (C=O) groups excluding carboxylic acids is 1. The van der Waals surface area contributed by atoms with Gasteiger partial charge in [-0.1, -0.05) is 18.8 Å². The zero-order valence-electron chi connectivity index (χ0n) is 12.1. The third-order valence-electron chi connectivity index (χ3n) is 2.88. The van der Waals surface area contributed by atoms with E-state index in [1.54, 1.807) is 18.2 Å². The molecule has 0 radical (unpaired) electrons. The summed E-state index contributed by atoms with van der Waals surface area (Å²) in [4.78, 5) is 12.1. The minimum absolute atomic E-state index is 0.193. The average molecular weight is 283 g/mol. The molecule has 0 atom stereocenters. The van der Waals surface area contributed by atoms with Gasteiger partial charge in [0.25, 0.3) is 5.91 Å².